The number of hydrogen-bond acceptors (Lipinski definition) is 5. The Kier molecular flexibility index (Phi) is 4.73. The summed E-state index contributed by atoms with van der Waals surface area (Å²) in [6.45, 7) is 4.44. The number of benzene rings is 1. The molecule has 23 heavy (non-hydrogen) atoms. The molecule has 0 amide bonds. The van der Waals surface area contributed by atoms with Gasteiger partial charge in [0.1, 0.15) is 5.75 Å². The lowest BCUT2D eigenvalue weighted by atomic mass is 10.1. The van der Waals surface area contributed by atoms with E-state index in [1.165, 1.54) is 17.3 Å². The van der Waals surface area contributed by atoms with Crippen molar-refractivity contribution in [3.05, 3.63) is 50.9 Å². The van der Waals surface area contributed by atoms with E-state index in [2.05, 4.69) is 27.0 Å². The fraction of sp³-hybridized carbons (Fsp3) is 0.412. The molecular weight excluding hydrogens is 310 g/mol. The first kappa shape index (κ1) is 16.1. The van der Waals surface area contributed by atoms with Gasteiger partial charge in [-0.2, -0.15) is 0 Å². The first-order chi connectivity index (χ1) is 11.1. The van der Waals surface area contributed by atoms with Gasteiger partial charge in [0.25, 0.3) is 5.56 Å². The van der Waals surface area contributed by atoms with Crippen LogP contribution in [0.2, 0.25) is 0 Å². The third-order valence-corrected chi connectivity index (χ3v) is 4.76. The highest BCUT2D eigenvalue weighted by Gasteiger charge is 2.21. The molecule has 3 rings (SSSR count). The zero-order valence-electron chi connectivity index (χ0n) is 13.7. The van der Waals surface area contributed by atoms with Crippen LogP contribution in [0.3, 0.4) is 0 Å². The fourth-order valence-electron chi connectivity index (χ4n) is 2.99. The summed E-state index contributed by atoms with van der Waals surface area (Å²) in [6, 6.07) is 6.23. The van der Waals surface area contributed by atoms with Gasteiger partial charge in [-0.05, 0) is 30.4 Å². The summed E-state index contributed by atoms with van der Waals surface area (Å²) in [7, 11) is 1.69. The topological polar surface area (TPSA) is 58.2 Å². The average molecular weight is 331 g/mol. The van der Waals surface area contributed by atoms with Gasteiger partial charge in [0.15, 0.2) is 5.16 Å². The molecular formula is C17H21N3O2S. The normalized spacial score (nSPS) is 14.6. The lowest BCUT2D eigenvalue weighted by Crippen LogP contribution is -2.35. The number of aryl methyl sites for hydroxylation is 1. The van der Waals surface area contributed by atoms with Crippen LogP contribution in [0.5, 0.6) is 5.75 Å². The molecule has 6 heteroatoms. The van der Waals surface area contributed by atoms with Crippen LogP contribution in [0.25, 0.3) is 0 Å². The minimum Gasteiger partial charge on any atom is -0.496 e. The van der Waals surface area contributed by atoms with E-state index in [1.54, 1.807) is 7.11 Å². The minimum atomic E-state index is -0.00467. The van der Waals surface area contributed by atoms with Crippen molar-refractivity contribution in [2.75, 3.05) is 19.9 Å². The predicted octanol–water partition coefficient (Wildman–Crippen LogP) is 2.37. The maximum atomic E-state index is 12.2. The third-order valence-electron chi connectivity index (χ3n) is 4.18. The molecule has 0 unspecified atom stereocenters. The Morgan fingerprint density at radius 1 is 1.43 bits per heavy atom. The maximum absolute atomic E-state index is 12.2. The second-order valence-corrected chi connectivity index (χ2v) is 6.56. The van der Waals surface area contributed by atoms with Gasteiger partial charge < -0.3 is 9.72 Å². The number of nitrogens with one attached hydrogen (secondary N) is 1. The SMILES string of the molecule is COc1ccc(CN2CCc3nc(SC)[nH]c(=O)c3C2)cc1C. The third kappa shape index (κ3) is 3.43. The number of methoxy groups -OCH3 is 1. The van der Waals surface area contributed by atoms with E-state index in [-0.39, 0.29) is 5.56 Å². The smallest absolute Gasteiger partial charge is 0.256 e. The van der Waals surface area contributed by atoms with Gasteiger partial charge in [-0.25, -0.2) is 4.98 Å². The van der Waals surface area contributed by atoms with E-state index in [9.17, 15) is 4.79 Å². The van der Waals surface area contributed by atoms with Crippen LogP contribution in [-0.4, -0.2) is 34.8 Å². The molecule has 0 atom stereocenters. The lowest BCUT2D eigenvalue weighted by molar-refractivity contribution is 0.241. The Balaban J connectivity index is 1.77. The number of nitrogens with zero attached hydrogens (tertiary/aromatic N) is 2. The van der Waals surface area contributed by atoms with Gasteiger partial charge >= 0.3 is 0 Å². The van der Waals surface area contributed by atoms with Crippen molar-refractivity contribution in [2.24, 2.45) is 0 Å². The molecule has 0 radical (unpaired) electrons. The highest BCUT2D eigenvalue weighted by Crippen LogP contribution is 2.22. The van der Waals surface area contributed by atoms with Crippen LogP contribution in [0, 0.1) is 6.92 Å². The number of aromatic nitrogens is 2. The Morgan fingerprint density at radius 3 is 2.96 bits per heavy atom. The Labute approximate surface area is 140 Å². The van der Waals surface area contributed by atoms with E-state index in [4.69, 9.17) is 4.74 Å². The molecule has 0 aliphatic carbocycles. The molecule has 1 N–H and O–H groups in total. The van der Waals surface area contributed by atoms with Crippen molar-refractivity contribution < 1.29 is 4.74 Å². The van der Waals surface area contributed by atoms with Crippen molar-refractivity contribution in [3.63, 3.8) is 0 Å². The molecule has 5 nitrogen and oxygen atoms in total. The average Bonchev–Trinajstić information content (AvgIpc) is 2.55. The van der Waals surface area contributed by atoms with Gasteiger partial charge in [-0.15, -0.1) is 0 Å². The minimum absolute atomic E-state index is 0.00467. The zero-order chi connectivity index (χ0) is 16.4. The predicted molar refractivity (Wildman–Crippen MR) is 92.2 cm³/mol. The second-order valence-electron chi connectivity index (χ2n) is 5.77. The first-order valence-electron chi connectivity index (χ1n) is 7.62. The Morgan fingerprint density at radius 2 is 2.26 bits per heavy atom. The molecule has 2 aromatic rings. The standard InChI is InChI=1S/C17H21N3O2S/c1-11-8-12(4-5-15(11)22-2)9-20-7-6-14-13(10-20)16(21)19-17(18-14)23-3/h4-5,8H,6-7,9-10H2,1-3H3,(H,18,19,21). The molecule has 0 bridgehead atoms. The molecule has 1 aromatic carbocycles. The Hall–Kier alpha value is -1.79. The van der Waals surface area contributed by atoms with Crippen LogP contribution in [0.4, 0.5) is 0 Å². The summed E-state index contributed by atoms with van der Waals surface area (Å²) in [5, 5.41) is 0.702. The molecule has 0 spiro atoms. The molecule has 0 saturated heterocycles. The summed E-state index contributed by atoms with van der Waals surface area (Å²) >= 11 is 1.47. The van der Waals surface area contributed by atoms with Gasteiger partial charge in [-0.1, -0.05) is 23.9 Å². The monoisotopic (exact) mass is 331 g/mol. The van der Waals surface area contributed by atoms with Crippen LogP contribution in [-0.2, 0) is 19.5 Å². The molecule has 0 saturated carbocycles. The summed E-state index contributed by atoms with van der Waals surface area (Å²) in [6.07, 6.45) is 2.74. The van der Waals surface area contributed by atoms with E-state index in [1.807, 2.05) is 19.2 Å². The largest absolute Gasteiger partial charge is 0.496 e. The van der Waals surface area contributed by atoms with Crippen LogP contribution >= 0.6 is 11.8 Å². The number of rotatable bonds is 4. The summed E-state index contributed by atoms with van der Waals surface area (Å²) < 4.78 is 5.30. The zero-order valence-corrected chi connectivity index (χ0v) is 14.5. The molecule has 2 heterocycles. The van der Waals surface area contributed by atoms with Gasteiger partial charge in [-0.3, -0.25) is 9.69 Å². The van der Waals surface area contributed by atoms with Crippen LogP contribution < -0.4 is 10.3 Å². The molecule has 1 aromatic heterocycles. The van der Waals surface area contributed by atoms with E-state index in [0.29, 0.717) is 11.7 Å². The lowest BCUT2D eigenvalue weighted by Gasteiger charge is -2.27. The quantitative estimate of drug-likeness (QED) is 0.688. The van der Waals surface area contributed by atoms with E-state index in [0.717, 1.165) is 42.1 Å². The molecule has 122 valence electrons. The second kappa shape index (κ2) is 6.76. The highest BCUT2D eigenvalue weighted by molar-refractivity contribution is 7.98. The van der Waals surface area contributed by atoms with E-state index >= 15 is 0 Å². The summed E-state index contributed by atoms with van der Waals surface area (Å²) in [5.41, 5.74) is 4.11. The number of H-pyrrole nitrogens is 1. The number of aromatic amines is 1. The summed E-state index contributed by atoms with van der Waals surface area (Å²) in [5.74, 6) is 0.906. The Bertz CT molecular complexity index is 773. The summed E-state index contributed by atoms with van der Waals surface area (Å²) in [4.78, 5) is 21.9. The van der Waals surface area contributed by atoms with Crippen molar-refractivity contribution >= 4 is 11.8 Å². The van der Waals surface area contributed by atoms with Crippen molar-refractivity contribution in [1.29, 1.82) is 0 Å². The van der Waals surface area contributed by atoms with Crippen molar-refractivity contribution in [3.8, 4) is 5.75 Å². The molecule has 1 aliphatic rings. The molecule has 1 aliphatic heterocycles. The molecule has 0 fully saturated rings. The van der Waals surface area contributed by atoms with Crippen molar-refractivity contribution in [1.82, 2.24) is 14.9 Å². The van der Waals surface area contributed by atoms with Gasteiger partial charge in [0.2, 0.25) is 0 Å². The highest BCUT2D eigenvalue weighted by atomic mass is 32.2. The number of hydrogen-bond donors (Lipinski definition) is 1. The van der Waals surface area contributed by atoms with Crippen molar-refractivity contribution in [2.45, 2.75) is 31.6 Å². The van der Waals surface area contributed by atoms with Crippen LogP contribution in [0.1, 0.15) is 22.4 Å². The number of ether oxygens (including phenoxy) is 1. The van der Waals surface area contributed by atoms with Gasteiger partial charge in [0, 0.05) is 26.1 Å². The van der Waals surface area contributed by atoms with Gasteiger partial charge in [0.05, 0.1) is 18.4 Å². The number of fused-ring (bicyclic) bond motifs is 1. The maximum Gasteiger partial charge on any atom is 0.256 e. The van der Waals surface area contributed by atoms with E-state index < -0.39 is 0 Å². The van der Waals surface area contributed by atoms with Crippen LogP contribution in [0.15, 0.2) is 28.2 Å². The fourth-order valence-corrected chi connectivity index (χ4v) is 3.38. The number of thioether (sulfide) groups is 1. The first-order valence-corrected chi connectivity index (χ1v) is 8.85.